The van der Waals surface area contributed by atoms with Gasteiger partial charge in [0.15, 0.2) is 0 Å². The summed E-state index contributed by atoms with van der Waals surface area (Å²) in [7, 11) is 0. The first-order valence-corrected chi connectivity index (χ1v) is 12.0. The first-order chi connectivity index (χ1) is 16.3. The molecule has 0 saturated carbocycles. The molecule has 0 aliphatic heterocycles. The molecule has 4 nitrogen and oxygen atoms in total. The van der Waals surface area contributed by atoms with Gasteiger partial charge < -0.3 is 4.90 Å². The van der Waals surface area contributed by atoms with Gasteiger partial charge in [0.25, 0.3) is 0 Å². The van der Waals surface area contributed by atoms with Crippen LogP contribution in [0.1, 0.15) is 39.5 Å². The molecule has 168 valence electrons. The molecule has 4 heteroatoms. The Morgan fingerprint density at radius 3 is 1.61 bits per heavy atom. The number of hydrogen-bond acceptors (Lipinski definition) is 4. The summed E-state index contributed by atoms with van der Waals surface area (Å²) < 4.78 is 0. The SMILES string of the molecule is CCCCN(CCCC)c1ccc(-c2cc(-c3ccccn3)nc(-c3ccccn3)c2)cc1. The van der Waals surface area contributed by atoms with Crippen LogP contribution in [0.5, 0.6) is 0 Å². The highest BCUT2D eigenvalue weighted by Gasteiger charge is 2.11. The summed E-state index contributed by atoms with van der Waals surface area (Å²) in [6.07, 6.45) is 8.47. The summed E-state index contributed by atoms with van der Waals surface area (Å²) in [5.74, 6) is 0. The first kappa shape index (κ1) is 22.7. The highest BCUT2D eigenvalue weighted by molar-refractivity contribution is 5.75. The average molecular weight is 437 g/mol. The lowest BCUT2D eigenvalue weighted by molar-refractivity contribution is 0.678. The Balaban J connectivity index is 1.70. The van der Waals surface area contributed by atoms with Crippen LogP contribution in [0, 0.1) is 0 Å². The van der Waals surface area contributed by atoms with Crippen LogP contribution in [0.4, 0.5) is 5.69 Å². The highest BCUT2D eigenvalue weighted by atomic mass is 15.1. The van der Waals surface area contributed by atoms with E-state index in [1.54, 1.807) is 12.4 Å². The Labute approximate surface area is 197 Å². The lowest BCUT2D eigenvalue weighted by Gasteiger charge is -2.25. The molecule has 4 aromatic rings. The van der Waals surface area contributed by atoms with Crippen molar-refractivity contribution in [2.45, 2.75) is 39.5 Å². The van der Waals surface area contributed by atoms with Crippen molar-refractivity contribution in [2.75, 3.05) is 18.0 Å². The standard InChI is InChI=1S/C29H32N4/c1-3-5-19-33(20-6-4-2)25-15-13-23(14-16-25)24-21-28(26-11-7-9-17-30-26)32-29(22-24)27-12-8-10-18-31-27/h7-18,21-22H,3-6,19-20H2,1-2H3. The molecule has 0 N–H and O–H groups in total. The van der Waals surface area contributed by atoms with E-state index in [1.807, 2.05) is 36.4 Å². The summed E-state index contributed by atoms with van der Waals surface area (Å²) >= 11 is 0. The Morgan fingerprint density at radius 1 is 0.606 bits per heavy atom. The van der Waals surface area contributed by atoms with Crippen molar-refractivity contribution < 1.29 is 0 Å². The van der Waals surface area contributed by atoms with Gasteiger partial charge in [0.1, 0.15) is 0 Å². The second-order valence-corrected chi connectivity index (χ2v) is 8.30. The molecule has 0 aliphatic carbocycles. The van der Waals surface area contributed by atoms with E-state index in [2.05, 4.69) is 65.1 Å². The molecule has 1 aromatic carbocycles. The fourth-order valence-electron chi connectivity index (χ4n) is 3.92. The summed E-state index contributed by atoms with van der Waals surface area (Å²) in [5.41, 5.74) is 7.00. The molecule has 3 heterocycles. The van der Waals surface area contributed by atoms with Crippen molar-refractivity contribution >= 4 is 5.69 Å². The summed E-state index contributed by atoms with van der Waals surface area (Å²) in [6.45, 7) is 6.73. The third kappa shape index (κ3) is 5.83. The van der Waals surface area contributed by atoms with E-state index < -0.39 is 0 Å². The number of aromatic nitrogens is 3. The second-order valence-electron chi connectivity index (χ2n) is 8.30. The van der Waals surface area contributed by atoms with E-state index in [0.29, 0.717) is 0 Å². The number of pyridine rings is 3. The monoisotopic (exact) mass is 436 g/mol. The zero-order valence-electron chi connectivity index (χ0n) is 19.6. The van der Waals surface area contributed by atoms with E-state index >= 15 is 0 Å². The van der Waals surface area contributed by atoms with Crippen molar-refractivity contribution in [2.24, 2.45) is 0 Å². The molecule has 0 atom stereocenters. The van der Waals surface area contributed by atoms with E-state index in [-0.39, 0.29) is 0 Å². The molecule has 0 spiro atoms. The van der Waals surface area contributed by atoms with Crippen LogP contribution in [-0.4, -0.2) is 28.0 Å². The number of anilines is 1. The van der Waals surface area contributed by atoms with Crippen molar-refractivity contribution in [3.63, 3.8) is 0 Å². The fraction of sp³-hybridized carbons (Fsp3) is 0.276. The molecular weight excluding hydrogens is 404 g/mol. The molecule has 0 radical (unpaired) electrons. The zero-order valence-corrected chi connectivity index (χ0v) is 19.6. The Bertz CT molecular complexity index is 1060. The smallest absolute Gasteiger partial charge is 0.0900 e. The maximum atomic E-state index is 4.88. The summed E-state index contributed by atoms with van der Waals surface area (Å²) in [6, 6.07) is 25.0. The quantitative estimate of drug-likeness (QED) is 0.262. The number of hydrogen-bond donors (Lipinski definition) is 0. The van der Waals surface area contributed by atoms with Crippen LogP contribution < -0.4 is 4.90 Å². The van der Waals surface area contributed by atoms with Gasteiger partial charge in [-0.3, -0.25) is 9.97 Å². The van der Waals surface area contributed by atoms with Crippen molar-refractivity contribution in [1.82, 2.24) is 15.0 Å². The number of rotatable bonds is 10. The lowest BCUT2D eigenvalue weighted by atomic mass is 10.0. The third-order valence-electron chi connectivity index (χ3n) is 5.81. The van der Waals surface area contributed by atoms with Crippen molar-refractivity contribution in [3.8, 4) is 33.9 Å². The number of unbranched alkanes of at least 4 members (excludes halogenated alkanes) is 2. The summed E-state index contributed by atoms with van der Waals surface area (Å²) in [4.78, 5) is 16.4. The van der Waals surface area contributed by atoms with Crippen LogP contribution in [0.15, 0.2) is 85.2 Å². The Hall–Kier alpha value is -3.53. The van der Waals surface area contributed by atoms with Gasteiger partial charge in [0.05, 0.1) is 22.8 Å². The topological polar surface area (TPSA) is 41.9 Å². The van der Waals surface area contributed by atoms with Crippen LogP contribution in [0.3, 0.4) is 0 Å². The minimum Gasteiger partial charge on any atom is -0.372 e. The Kier molecular flexibility index (Phi) is 7.81. The molecular formula is C29H32N4. The second kappa shape index (κ2) is 11.4. The maximum absolute atomic E-state index is 4.88. The lowest BCUT2D eigenvalue weighted by Crippen LogP contribution is -2.25. The largest absolute Gasteiger partial charge is 0.372 e. The number of benzene rings is 1. The zero-order chi connectivity index (χ0) is 22.9. The van der Waals surface area contributed by atoms with E-state index in [0.717, 1.165) is 41.4 Å². The molecule has 0 unspecified atom stereocenters. The molecule has 33 heavy (non-hydrogen) atoms. The average Bonchev–Trinajstić information content (AvgIpc) is 2.90. The first-order valence-electron chi connectivity index (χ1n) is 12.0. The van der Waals surface area contributed by atoms with E-state index in [4.69, 9.17) is 4.98 Å². The predicted molar refractivity (Wildman–Crippen MR) is 138 cm³/mol. The van der Waals surface area contributed by atoms with Crippen molar-refractivity contribution in [3.05, 3.63) is 85.2 Å². The Morgan fingerprint density at radius 2 is 1.15 bits per heavy atom. The molecule has 4 rings (SSSR count). The normalized spacial score (nSPS) is 10.8. The van der Waals surface area contributed by atoms with Crippen LogP contribution in [0.2, 0.25) is 0 Å². The molecule has 0 amide bonds. The number of nitrogens with zero attached hydrogens (tertiary/aromatic N) is 4. The van der Waals surface area contributed by atoms with Gasteiger partial charge in [-0.2, -0.15) is 0 Å². The van der Waals surface area contributed by atoms with Gasteiger partial charge in [-0.15, -0.1) is 0 Å². The van der Waals surface area contributed by atoms with Gasteiger partial charge in [0, 0.05) is 31.2 Å². The third-order valence-corrected chi connectivity index (χ3v) is 5.81. The molecule has 3 aromatic heterocycles. The predicted octanol–water partition coefficient (Wildman–Crippen LogP) is 7.28. The molecule has 0 aliphatic rings. The molecule has 0 saturated heterocycles. The highest BCUT2D eigenvalue weighted by Crippen LogP contribution is 2.30. The van der Waals surface area contributed by atoms with Gasteiger partial charge >= 0.3 is 0 Å². The maximum Gasteiger partial charge on any atom is 0.0900 e. The van der Waals surface area contributed by atoms with E-state index in [1.165, 1.54) is 36.9 Å². The van der Waals surface area contributed by atoms with Gasteiger partial charge in [-0.05, 0) is 72.5 Å². The fourth-order valence-corrected chi connectivity index (χ4v) is 3.92. The molecule has 0 fully saturated rings. The summed E-state index contributed by atoms with van der Waals surface area (Å²) in [5, 5.41) is 0. The van der Waals surface area contributed by atoms with Gasteiger partial charge in [-0.25, -0.2) is 4.98 Å². The van der Waals surface area contributed by atoms with Gasteiger partial charge in [0.2, 0.25) is 0 Å². The van der Waals surface area contributed by atoms with Gasteiger partial charge in [-0.1, -0.05) is 51.0 Å². The van der Waals surface area contributed by atoms with Crippen molar-refractivity contribution in [1.29, 1.82) is 0 Å². The minimum absolute atomic E-state index is 0.852. The van der Waals surface area contributed by atoms with E-state index in [9.17, 15) is 0 Å². The van der Waals surface area contributed by atoms with Crippen LogP contribution in [-0.2, 0) is 0 Å². The van der Waals surface area contributed by atoms with Crippen LogP contribution in [0.25, 0.3) is 33.9 Å². The van der Waals surface area contributed by atoms with Crippen LogP contribution >= 0.6 is 0 Å². The molecule has 0 bridgehead atoms. The minimum atomic E-state index is 0.852.